The van der Waals surface area contributed by atoms with Crippen LogP contribution in [-0.4, -0.2) is 37.2 Å². The van der Waals surface area contributed by atoms with E-state index in [0.717, 1.165) is 19.3 Å². The second-order valence-corrected chi connectivity index (χ2v) is 4.52. The maximum absolute atomic E-state index is 11.9. The average molecular weight is 229 g/mol. The molecule has 5 nitrogen and oxygen atoms in total. The summed E-state index contributed by atoms with van der Waals surface area (Å²) in [5, 5.41) is 11.4. The Morgan fingerprint density at radius 1 is 1.50 bits per heavy atom. The van der Waals surface area contributed by atoms with Crippen LogP contribution >= 0.6 is 0 Å². The Balaban J connectivity index is 2.42. The van der Waals surface area contributed by atoms with Crippen molar-refractivity contribution in [2.45, 2.75) is 26.2 Å². The number of methoxy groups -OCH3 is 1. The molecular formula is C11H19NO4. The molecule has 1 amide bonds. The molecule has 0 aliphatic heterocycles. The molecule has 0 spiro atoms. The average Bonchev–Trinajstić information content (AvgIpc) is 2.19. The van der Waals surface area contributed by atoms with E-state index in [1.54, 1.807) is 14.0 Å². The Morgan fingerprint density at radius 2 is 2.12 bits per heavy atom. The number of hydrogen-bond acceptors (Lipinski definition) is 3. The highest BCUT2D eigenvalue weighted by molar-refractivity contribution is 5.84. The summed E-state index contributed by atoms with van der Waals surface area (Å²) in [7, 11) is 1.58. The van der Waals surface area contributed by atoms with Crippen LogP contribution in [0.5, 0.6) is 0 Å². The van der Waals surface area contributed by atoms with Gasteiger partial charge in [0.1, 0.15) is 0 Å². The number of hydrogen-bond donors (Lipinski definition) is 2. The van der Waals surface area contributed by atoms with Gasteiger partial charge in [-0.25, -0.2) is 0 Å². The first-order chi connectivity index (χ1) is 7.52. The van der Waals surface area contributed by atoms with Crippen molar-refractivity contribution in [3.63, 3.8) is 0 Å². The van der Waals surface area contributed by atoms with Gasteiger partial charge in [0.25, 0.3) is 0 Å². The zero-order chi connectivity index (χ0) is 12.2. The minimum atomic E-state index is -0.894. The number of carbonyl (C=O) groups excluding carboxylic acids is 1. The van der Waals surface area contributed by atoms with Gasteiger partial charge < -0.3 is 15.2 Å². The van der Waals surface area contributed by atoms with Gasteiger partial charge in [-0.1, -0.05) is 13.3 Å². The van der Waals surface area contributed by atoms with Gasteiger partial charge in [0.15, 0.2) is 0 Å². The molecule has 0 aromatic rings. The normalized spacial score (nSPS) is 19.6. The van der Waals surface area contributed by atoms with E-state index in [1.807, 2.05) is 0 Å². The van der Waals surface area contributed by atoms with Gasteiger partial charge in [0.2, 0.25) is 5.91 Å². The Bertz CT molecular complexity index is 273. The SMILES string of the molecule is COCC1(C(=O)NCC(C)C(=O)O)CCC1. The molecule has 1 aliphatic carbocycles. The second kappa shape index (κ2) is 5.30. The molecule has 1 unspecified atom stereocenters. The predicted octanol–water partition coefficient (Wildman–Crippen LogP) is 0.640. The highest BCUT2D eigenvalue weighted by atomic mass is 16.5. The van der Waals surface area contributed by atoms with Gasteiger partial charge >= 0.3 is 5.97 Å². The molecule has 0 aromatic carbocycles. The Hall–Kier alpha value is -1.10. The van der Waals surface area contributed by atoms with Gasteiger partial charge in [0, 0.05) is 13.7 Å². The summed E-state index contributed by atoms with van der Waals surface area (Å²) in [6.45, 7) is 2.17. The molecule has 1 atom stereocenters. The maximum Gasteiger partial charge on any atom is 0.308 e. The van der Waals surface area contributed by atoms with Crippen LogP contribution in [0, 0.1) is 11.3 Å². The van der Waals surface area contributed by atoms with Crippen LogP contribution in [0.3, 0.4) is 0 Å². The zero-order valence-corrected chi connectivity index (χ0v) is 9.78. The molecule has 0 saturated heterocycles. The lowest BCUT2D eigenvalue weighted by Gasteiger charge is -2.39. The van der Waals surface area contributed by atoms with Crippen molar-refractivity contribution in [1.82, 2.24) is 5.32 Å². The van der Waals surface area contributed by atoms with E-state index < -0.39 is 17.3 Å². The van der Waals surface area contributed by atoms with Gasteiger partial charge in [0.05, 0.1) is 17.9 Å². The number of carbonyl (C=O) groups is 2. The second-order valence-electron chi connectivity index (χ2n) is 4.52. The number of carboxylic acid groups (broad SMARTS) is 1. The number of carboxylic acids is 1. The van der Waals surface area contributed by atoms with E-state index in [0.29, 0.717) is 6.61 Å². The summed E-state index contributed by atoms with van der Waals surface area (Å²) in [6, 6.07) is 0. The minimum Gasteiger partial charge on any atom is -0.481 e. The van der Waals surface area contributed by atoms with Crippen LogP contribution in [0.4, 0.5) is 0 Å². The first kappa shape index (κ1) is 13.0. The highest BCUT2D eigenvalue weighted by Crippen LogP contribution is 2.41. The van der Waals surface area contributed by atoms with Gasteiger partial charge in [-0.15, -0.1) is 0 Å². The third kappa shape index (κ3) is 2.72. The molecule has 1 saturated carbocycles. The lowest BCUT2D eigenvalue weighted by atomic mass is 9.68. The van der Waals surface area contributed by atoms with Crippen molar-refractivity contribution in [3.8, 4) is 0 Å². The summed E-state index contributed by atoms with van der Waals surface area (Å²) >= 11 is 0. The van der Waals surface area contributed by atoms with Crippen molar-refractivity contribution in [2.75, 3.05) is 20.3 Å². The molecule has 0 heterocycles. The van der Waals surface area contributed by atoms with Crippen molar-refractivity contribution in [3.05, 3.63) is 0 Å². The van der Waals surface area contributed by atoms with Crippen LogP contribution in [0.25, 0.3) is 0 Å². The van der Waals surface area contributed by atoms with E-state index in [2.05, 4.69) is 5.32 Å². The molecule has 5 heteroatoms. The highest BCUT2D eigenvalue weighted by Gasteiger charge is 2.44. The quantitative estimate of drug-likeness (QED) is 0.701. The van der Waals surface area contributed by atoms with Crippen molar-refractivity contribution in [1.29, 1.82) is 0 Å². The number of rotatable bonds is 6. The molecule has 2 N–H and O–H groups in total. The van der Waals surface area contributed by atoms with Crippen LogP contribution in [0.1, 0.15) is 26.2 Å². The molecule has 1 fully saturated rings. The molecule has 0 radical (unpaired) electrons. The molecule has 16 heavy (non-hydrogen) atoms. The summed E-state index contributed by atoms with van der Waals surface area (Å²) < 4.78 is 5.05. The van der Waals surface area contributed by atoms with Crippen LogP contribution < -0.4 is 5.32 Å². The van der Waals surface area contributed by atoms with Gasteiger partial charge in [-0.3, -0.25) is 9.59 Å². The fourth-order valence-electron chi connectivity index (χ4n) is 1.84. The fraction of sp³-hybridized carbons (Fsp3) is 0.818. The molecule has 92 valence electrons. The Morgan fingerprint density at radius 3 is 2.50 bits per heavy atom. The van der Waals surface area contributed by atoms with E-state index in [-0.39, 0.29) is 12.5 Å². The van der Waals surface area contributed by atoms with Crippen molar-refractivity contribution >= 4 is 11.9 Å². The monoisotopic (exact) mass is 229 g/mol. The first-order valence-electron chi connectivity index (χ1n) is 5.52. The lowest BCUT2D eigenvalue weighted by Crippen LogP contribution is -2.49. The molecule has 0 aromatic heterocycles. The Kier molecular flexibility index (Phi) is 4.29. The molecule has 1 rings (SSSR count). The third-order valence-electron chi connectivity index (χ3n) is 3.20. The van der Waals surface area contributed by atoms with Gasteiger partial charge in [-0.2, -0.15) is 0 Å². The van der Waals surface area contributed by atoms with Gasteiger partial charge in [-0.05, 0) is 12.8 Å². The molecule has 0 bridgehead atoms. The van der Waals surface area contributed by atoms with Crippen molar-refractivity contribution < 1.29 is 19.4 Å². The molecule has 1 aliphatic rings. The van der Waals surface area contributed by atoms with Crippen molar-refractivity contribution in [2.24, 2.45) is 11.3 Å². The maximum atomic E-state index is 11.9. The summed E-state index contributed by atoms with van der Waals surface area (Å²) in [6.07, 6.45) is 2.69. The molecular weight excluding hydrogens is 210 g/mol. The lowest BCUT2D eigenvalue weighted by molar-refractivity contribution is -0.143. The van der Waals surface area contributed by atoms with Crippen LogP contribution in [-0.2, 0) is 14.3 Å². The number of nitrogens with one attached hydrogen (secondary N) is 1. The largest absolute Gasteiger partial charge is 0.481 e. The summed E-state index contributed by atoms with van der Waals surface area (Å²) in [4.78, 5) is 22.5. The smallest absolute Gasteiger partial charge is 0.308 e. The summed E-state index contributed by atoms with van der Waals surface area (Å²) in [5.74, 6) is -1.52. The standard InChI is InChI=1S/C11H19NO4/c1-8(9(13)14)6-12-10(15)11(7-16-2)4-3-5-11/h8H,3-7H2,1-2H3,(H,12,15)(H,13,14). The zero-order valence-electron chi connectivity index (χ0n) is 9.78. The van der Waals surface area contributed by atoms with E-state index in [1.165, 1.54) is 0 Å². The fourth-order valence-corrected chi connectivity index (χ4v) is 1.84. The van der Waals surface area contributed by atoms with E-state index >= 15 is 0 Å². The number of amides is 1. The topological polar surface area (TPSA) is 75.6 Å². The predicted molar refractivity (Wildman–Crippen MR) is 58.0 cm³/mol. The Labute approximate surface area is 95.2 Å². The summed E-state index contributed by atoms with van der Waals surface area (Å²) in [5.41, 5.74) is -0.410. The first-order valence-corrected chi connectivity index (χ1v) is 5.52. The third-order valence-corrected chi connectivity index (χ3v) is 3.20. The van der Waals surface area contributed by atoms with Crippen LogP contribution in [0.2, 0.25) is 0 Å². The van der Waals surface area contributed by atoms with E-state index in [4.69, 9.17) is 9.84 Å². The minimum absolute atomic E-state index is 0.0753. The van der Waals surface area contributed by atoms with Crippen LogP contribution in [0.15, 0.2) is 0 Å². The number of ether oxygens (including phenoxy) is 1. The van der Waals surface area contributed by atoms with E-state index in [9.17, 15) is 9.59 Å². The number of aliphatic carboxylic acids is 1.